The van der Waals surface area contributed by atoms with Gasteiger partial charge in [-0.15, -0.1) is 0 Å². The van der Waals surface area contributed by atoms with Crippen LogP contribution in [0.5, 0.6) is 11.5 Å². The molecule has 33 heavy (non-hydrogen) atoms. The van der Waals surface area contributed by atoms with Gasteiger partial charge in [-0.1, -0.05) is 18.2 Å². The molecule has 3 rings (SSSR count). The van der Waals surface area contributed by atoms with Gasteiger partial charge in [-0.3, -0.25) is 14.4 Å². The van der Waals surface area contributed by atoms with Crippen molar-refractivity contribution in [3.8, 4) is 11.5 Å². The molecule has 3 amide bonds. The molecule has 0 unspecified atom stereocenters. The summed E-state index contributed by atoms with van der Waals surface area (Å²) in [5, 5.41) is 2.71. The summed E-state index contributed by atoms with van der Waals surface area (Å²) >= 11 is 0. The first-order valence-electron chi connectivity index (χ1n) is 10.4. The largest absolute Gasteiger partial charge is 0.490 e. The first-order chi connectivity index (χ1) is 15.8. The van der Waals surface area contributed by atoms with E-state index in [1.165, 1.54) is 15.9 Å². The number of carbonyl (C=O) groups excluding carboxylic acids is 3. The quantitative estimate of drug-likeness (QED) is 0.618. The minimum atomic E-state index is -2.98. The first kappa shape index (κ1) is 24.0. The van der Waals surface area contributed by atoms with Crippen LogP contribution >= 0.6 is 0 Å². The number of carbonyl (C=O) groups is 3. The molecule has 0 aromatic heterocycles. The number of anilines is 2. The summed E-state index contributed by atoms with van der Waals surface area (Å²) in [5.41, 5.74) is 1.80. The van der Waals surface area contributed by atoms with Crippen LogP contribution in [0.25, 0.3) is 0 Å². The number of hydrogen-bond acceptors (Lipinski definition) is 5. The highest BCUT2D eigenvalue weighted by atomic mass is 19.3. The molecule has 0 bridgehead atoms. The van der Waals surface area contributed by atoms with E-state index in [1.807, 2.05) is 0 Å². The highest BCUT2D eigenvalue weighted by Gasteiger charge is 2.27. The number of halogens is 2. The molecule has 1 aliphatic rings. The van der Waals surface area contributed by atoms with Crippen LogP contribution in [0.15, 0.2) is 42.5 Å². The highest BCUT2D eigenvalue weighted by molar-refractivity contribution is 6.10. The average molecular weight is 461 g/mol. The van der Waals surface area contributed by atoms with Crippen LogP contribution in [-0.4, -0.2) is 49.4 Å². The lowest BCUT2D eigenvalue weighted by molar-refractivity contribution is -0.132. The predicted octanol–water partition coefficient (Wildman–Crippen LogP) is 3.41. The van der Waals surface area contributed by atoms with Crippen LogP contribution in [0.3, 0.4) is 0 Å². The van der Waals surface area contributed by atoms with Crippen LogP contribution in [0.4, 0.5) is 20.2 Å². The SMILES string of the molecule is CCOc1cc(CN(C)C(=O)CCC(=O)N2CC(=O)Nc3ccccc32)ccc1OC(F)F. The fraction of sp³-hybridized carbons (Fsp3) is 0.348. The maximum atomic E-state index is 12.7. The number of nitrogens with one attached hydrogen (secondary N) is 1. The van der Waals surface area contributed by atoms with E-state index in [0.717, 1.165) is 0 Å². The molecule has 0 fully saturated rings. The van der Waals surface area contributed by atoms with E-state index in [9.17, 15) is 23.2 Å². The van der Waals surface area contributed by atoms with Crippen molar-refractivity contribution in [2.75, 3.05) is 30.4 Å². The fourth-order valence-electron chi connectivity index (χ4n) is 3.47. The Labute approximate surface area is 190 Å². The number of hydrogen-bond donors (Lipinski definition) is 1. The lowest BCUT2D eigenvalue weighted by Crippen LogP contribution is -2.42. The Balaban J connectivity index is 1.59. The summed E-state index contributed by atoms with van der Waals surface area (Å²) in [6, 6.07) is 11.4. The number of alkyl halides is 2. The van der Waals surface area contributed by atoms with Crippen LogP contribution < -0.4 is 19.7 Å². The standard InChI is InChI=1S/C23H25F2N3O5/c1-3-32-19-12-15(8-9-18(19)33-23(24)25)13-27(2)21(30)10-11-22(31)28-14-20(29)26-16-6-4-5-7-17(16)28/h4-9,12,23H,3,10-11,13-14H2,1-2H3,(H,26,29). The molecule has 0 spiro atoms. The molecule has 1 heterocycles. The molecule has 2 aromatic rings. The van der Waals surface area contributed by atoms with E-state index in [2.05, 4.69) is 10.1 Å². The molecule has 0 saturated carbocycles. The lowest BCUT2D eigenvalue weighted by atomic mass is 10.1. The second-order valence-corrected chi connectivity index (χ2v) is 7.39. The number of amides is 3. The van der Waals surface area contributed by atoms with Gasteiger partial charge in [0.15, 0.2) is 11.5 Å². The average Bonchev–Trinajstić information content (AvgIpc) is 2.78. The molecule has 8 nitrogen and oxygen atoms in total. The van der Waals surface area contributed by atoms with Crippen LogP contribution in [-0.2, 0) is 20.9 Å². The van der Waals surface area contributed by atoms with E-state index in [-0.39, 0.29) is 61.8 Å². The maximum Gasteiger partial charge on any atom is 0.387 e. The second-order valence-electron chi connectivity index (χ2n) is 7.39. The summed E-state index contributed by atoms with van der Waals surface area (Å²) in [4.78, 5) is 40.0. The number of benzene rings is 2. The number of fused-ring (bicyclic) bond motifs is 1. The van der Waals surface area contributed by atoms with Crippen LogP contribution in [0.1, 0.15) is 25.3 Å². The Kier molecular flexibility index (Phi) is 7.81. The van der Waals surface area contributed by atoms with Gasteiger partial charge < -0.3 is 24.6 Å². The third-order valence-electron chi connectivity index (χ3n) is 4.99. The van der Waals surface area contributed by atoms with Crippen molar-refractivity contribution in [1.29, 1.82) is 0 Å². The van der Waals surface area contributed by atoms with Gasteiger partial charge in [-0.05, 0) is 36.8 Å². The van der Waals surface area contributed by atoms with Crippen LogP contribution in [0.2, 0.25) is 0 Å². The maximum absolute atomic E-state index is 12.7. The summed E-state index contributed by atoms with van der Waals surface area (Å²) in [7, 11) is 1.58. The molecule has 1 aliphatic heterocycles. The third-order valence-corrected chi connectivity index (χ3v) is 4.99. The Bertz CT molecular complexity index is 1030. The van der Waals surface area contributed by atoms with Gasteiger partial charge in [0.2, 0.25) is 17.7 Å². The zero-order valence-corrected chi connectivity index (χ0v) is 18.3. The Morgan fingerprint density at radius 2 is 1.91 bits per heavy atom. The van der Waals surface area contributed by atoms with Gasteiger partial charge in [0.1, 0.15) is 6.54 Å². The minimum Gasteiger partial charge on any atom is -0.490 e. The molecule has 0 radical (unpaired) electrons. The van der Waals surface area contributed by atoms with Crippen molar-refractivity contribution < 1.29 is 32.6 Å². The molecular formula is C23H25F2N3O5. The van der Waals surface area contributed by atoms with Crippen molar-refractivity contribution in [2.45, 2.75) is 32.9 Å². The second kappa shape index (κ2) is 10.8. The summed E-state index contributed by atoms with van der Waals surface area (Å²) in [6.07, 6.45) is -0.101. The number of rotatable bonds is 9. The zero-order valence-electron chi connectivity index (χ0n) is 18.3. The Morgan fingerprint density at radius 1 is 1.15 bits per heavy atom. The van der Waals surface area contributed by atoms with E-state index in [0.29, 0.717) is 16.9 Å². The Hall–Kier alpha value is -3.69. The molecule has 1 N–H and O–H groups in total. The summed E-state index contributed by atoms with van der Waals surface area (Å²) in [5.74, 6) is -0.820. The monoisotopic (exact) mass is 461 g/mol. The fourth-order valence-corrected chi connectivity index (χ4v) is 3.47. The normalized spacial score (nSPS) is 12.8. The molecule has 2 aromatic carbocycles. The van der Waals surface area contributed by atoms with Gasteiger partial charge in [0.05, 0.1) is 18.0 Å². The minimum absolute atomic E-state index is 0.0412. The van der Waals surface area contributed by atoms with E-state index >= 15 is 0 Å². The third kappa shape index (κ3) is 6.18. The Morgan fingerprint density at radius 3 is 2.64 bits per heavy atom. The van der Waals surface area contributed by atoms with E-state index < -0.39 is 6.61 Å². The van der Waals surface area contributed by atoms with Crippen LogP contribution in [0, 0.1) is 0 Å². The van der Waals surface area contributed by atoms with Crippen molar-refractivity contribution in [3.05, 3.63) is 48.0 Å². The van der Waals surface area contributed by atoms with Gasteiger partial charge in [0, 0.05) is 26.4 Å². The predicted molar refractivity (Wildman–Crippen MR) is 117 cm³/mol. The van der Waals surface area contributed by atoms with Crippen molar-refractivity contribution >= 4 is 29.1 Å². The number of nitrogens with zero attached hydrogens (tertiary/aromatic N) is 2. The number of ether oxygens (including phenoxy) is 2. The lowest BCUT2D eigenvalue weighted by Gasteiger charge is -2.29. The summed E-state index contributed by atoms with van der Waals surface area (Å²) < 4.78 is 34.9. The molecule has 176 valence electrons. The zero-order chi connectivity index (χ0) is 24.0. The molecule has 0 atom stereocenters. The van der Waals surface area contributed by atoms with Gasteiger partial charge in [0.25, 0.3) is 0 Å². The smallest absolute Gasteiger partial charge is 0.387 e. The topological polar surface area (TPSA) is 88.2 Å². The highest BCUT2D eigenvalue weighted by Crippen LogP contribution is 2.31. The van der Waals surface area contributed by atoms with Gasteiger partial charge in [-0.2, -0.15) is 8.78 Å². The summed E-state index contributed by atoms with van der Waals surface area (Å²) in [6.45, 7) is -0.910. The molecule has 0 saturated heterocycles. The molecule has 0 aliphatic carbocycles. The van der Waals surface area contributed by atoms with Gasteiger partial charge in [-0.25, -0.2) is 0 Å². The van der Waals surface area contributed by atoms with Crippen molar-refractivity contribution in [1.82, 2.24) is 4.90 Å². The molecular weight excluding hydrogens is 436 g/mol. The molecule has 10 heteroatoms. The number of para-hydroxylation sites is 2. The van der Waals surface area contributed by atoms with Crippen molar-refractivity contribution in [3.63, 3.8) is 0 Å². The van der Waals surface area contributed by atoms with Crippen molar-refractivity contribution in [2.24, 2.45) is 0 Å². The first-order valence-corrected chi connectivity index (χ1v) is 10.4. The van der Waals surface area contributed by atoms with E-state index in [1.54, 1.807) is 50.4 Å². The van der Waals surface area contributed by atoms with E-state index in [4.69, 9.17) is 4.74 Å². The van der Waals surface area contributed by atoms with Gasteiger partial charge >= 0.3 is 6.61 Å².